The fourth-order valence-electron chi connectivity index (χ4n) is 0.984. The monoisotopic (exact) mass is 220 g/mol. The number of rotatable bonds is 6. The summed E-state index contributed by atoms with van der Waals surface area (Å²) in [6, 6.07) is 0. The van der Waals surface area contributed by atoms with Crippen molar-refractivity contribution < 1.29 is 13.2 Å². The van der Waals surface area contributed by atoms with Crippen LogP contribution >= 0.6 is 0 Å². The van der Waals surface area contributed by atoms with Crippen LogP contribution < -0.4 is 10.0 Å². The van der Waals surface area contributed by atoms with Gasteiger partial charge in [-0.3, -0.25) is 4.79 Å². The molecule has 0 aliphatic heterocycles. The third kappa shape index (κ3) is 4.06. The molecule has 0 bridgehead atoms. The van der Waals surface area contributed by atoms with Gasteiger partial charge in [-0.1, -0.05) is 0 Å². The molecule has 1 amide bonds. The summed E-state index contributed by atoms with van der Waals surface area (Å²) in [4.78, 5) is 11.1. The summed E-state index contributed by atoms with van der Waals surface area (Å²) < 4.78 is 24.3. The minimum absolute atomic E-state index is 0.0423. The molecule has 0 saturated heterocycles. The average Bonchev–Trinajstić information content (AvgIpc) is 2.95. The summed E-state index contributed by atoms with van der Waals surface area (Å²) in [7, 11) is -3.12. The van der Waals surface area contributed by atoms with Crippen molar-refractivity contribution in [3.8, 4) is 0 Å². The number of nitrogens with one attached hydrogen (secondary N) is 2. The Bertz CT molecular complexity index is 296. The van der Waals surface area contributed by atoms with Crippen molar-refractivity contribution in [1.29, 1.82) is 0 Å². The van der Waals surface area contributed by atoms with Crippen LogP contribution in [-0.4, -0.2) is 33.2 Å². The number of hydrogen-bond donors (Lipinski definition) is 2. The molecule has 0 heterocycles. The first kappa shape index (κ1) is 11.5. The number of sulfonamides is 1. The summed E-state index contributed by atoms with van der Waals surface area (Å²) in [5.41, 5.74) is 0. The minimum Gasteiger partial charge on any atom is -0.355 e. The zero-order valence-electron chi connectivity index (χ0n) is 8.25. The molecule has 14 heavy (non-hydrogen) atoms. The molecule has 5 nitrogen and oxygen atoms in total. The van der Waals surface area contributed by atoms with Crippen LogP contribution in [0.3, 0.4) is 0 Å². The largest absolute Gasteiger partial charge is 0.355 e. The normalized spacial score (nSPS) is 16.6. The molecular weight excluding hydrogens is 204 g/mol. The average molecular weight is 220 g/mol. The third-order valence-corrected chi connectivity index (χ3v) is 3.48. The molecule has 1 aliphatic rings. The molecule has 0 aromatic rings. The van der Waals surface area contributed by atoms with Crippen LogP contribution in [0.4, 0.5) is 0 Å². The highest BCUT2D eigenvalue weighted by molar-refractivity contribution is 7.89. The van der Waals surface area contributed by atoms with Crippen molar-refractivity contribution in [2.24, 2.45) is 5.92 Å². The zero-order chi connectivity index (χ0) is 10.6. The van der Waals surface area contributed by atoms with Gasteiger partial charge in [-0.15, -0.1) is 0 Å². The van der Waals surface area contributed by atoms with Gasteiger partial charge >= 0.3 is 0 Å². The van der Waals surface area contributed by atoms with Crippen LogP contribution in [0.15, 0.2) is 0 Å². The van der Waals surface area contributed by atoms with Crippen LogP contribution in [0, 0.1) is 5.92 Å². The van der Waals surface area contributed by atoms with E-state index < -0.39 is 10.0 Å². The van der Waals surface area contributed by atoms with E-state index in [1.165, 1.54) is 0 Å². The molecule has 2 N–H and O–H groups in total. The Morgan fingerprint density at radius 2 is 2.00 bits per heavy atom. The van der Waals surface area contributed by atoms with Crippen molar-refractivity contribution in [2.45, 2.75) is 19.8 Å². The molecule has 0 unspecified atom stereocenters. The molecule has 6 heteroatoms. The summed E-state index contributed by atoms with van der Waals surface area (Å²) in [6.45, 7) is 2.22. The molecule has 0 radical (unpaired) electrons. The van der Waals surface area contributed by atoms with Crippen LogP contribution in [0.25, 0.3) is 0 Å². The van der Waals surface area contributed by atoms with E-state index in [2.05, 4.69) is 10.0 Å². The molecule has 82 valence electrons. The van der Waals surface area contributed by atoms with Crippen LogP contribution in [-0.2, 0) is 14.8 Å². The third-order valence-electron chi connectivity index (χ3n) is 2.07. The Labute approximate surface area is 84.3 Å². The number of carbonyl (C=O) groups is 1. The molecule has 0 aromatic heterocycles. The zero-order valence-corrected chi connectivity index (χ0v) is 9.06. The van der Waals surface area contributed by atoms with Crippen molar-refractivity contribution in [3.05, 3.63) is 0 Å². The van der Waals surface area contributed by atoms with E-state index in [1.54, 1.807) is 6.92 Å². The van der Waals surface area contributed by atoms with E-state index in [0.717, 1.165) is 12.8 Å². The molecule has 0 atom stereocenters. The predicted octanol–water partition coefficient (Wildman–Crippen LogP) is -0.548. The van der Waals surface area contributed by atoms with E-state index in [9.17, 15) is 13.2 Å². The van der Waals surface area contributed by atoms with Gasteiger partial charge in [0.2, 0.25) is 15.9 Å². The molecule has 0 aromatic carbocycles. The minimum atomic E-state index is -3.12. The maximum atomic E-state index is 11.1. The Balaban J connectivity index is 2.07. The van der Waals surface area contributed by atoms with Gasteiger partial charge in [0.25, 0.3) is 0 Å². The van der Waals surface area contributed by atoms with Gasteiger partial charge in [0, 0.05) is 19.0 Å². The molecule has 0 spiro atoms. The first-order valence-electron chi connectivity index (χ1n) is 4.80. The lowest BCUT2D eigenvalue weighted by Crippen LogP contribution is -2.35. The standard InChI is InChI=1S/C8H16N2O3S/c1-2-14(12,13)10-6-5-9-8(11)7-3-4-7/h7,10H,2-6H2,1H3,(H,9,11). The molecular formula is C8H16N2O3S. The van der Waals surface area contributed by atoms with Gasteiger partial charge in [-0.05, 0) is 19.8 Å². The van der Waals surface area contributed by atoms with Crippen LogP contribution in [0.1, 0.15) is 19.8 Å². The summed E-state index contributed by atoms with van der Waals surface area (Å²) in [6.07, 6.45) is 1.93. The number of amides is 1. The van der Waals surface area contributed by atoms with Crippen molar-refractivity contribution in [2.75, 3.05) is 18.8 Å². The number of hydrogen-bond acceptors (Lipinski definition) is 3. The van der Waals surface area contributed by atoms with Gasteiger partial charge in [0.15, 0.2) is 0 Å². The van der Waals surface area contributed by atoms with Gasteiger partial charge < -0.3 is 5.32 Å². The Morgan fingerprint density at radius 1 is 1.36 bits per heavy atom. The van der Waals surface area contributed by atoms with Crippen LogP contribution in [0.5, 0.6) is 0 Å². The van der Waals surface area contributed by atoms with Gasteiger partial charge in [0.1, 0.15) is 0 Å². The molecule has 1 rings (SSSR count). The second-order valence-electron chi connectivity index (χ2n) is 3.36. The summed E-state index contributed by atoms with van der Waals surface area (Å²) in [5.74, 6) is 0.294. The lowest BCUT2D eigenvalue weighted by molar-refractivity contribution is -0.122. The van der Waals surface area contributed by atoms with E-state index >= 15 is 0 Å². The van der Waals surface area contributed by atoms with Gasteiger partial charge in [0.05, 0.1) is 5.75 Å². The smallest absolute Gasteiger partial charge is 0.223 e. The first-order chi connectivity index (χ1) is 6.55. The predicted molar refractivity (Wildman–Crippen MR) is 53.2 cm³/mol. The Kier molecular flexibility index (Phi) is 3.88. The van der Waals surface area contributed by atoms with Gasteiger partial charge in [-0.2, -0.15) is 0 Å². The highest BCUT2D eigenvalue weighted by Gasteiger charge is 2.28. The van der Waals surface area contributed by atoms with Crippen molar-refractivity contribution in [3.63, 3.8) is 0 Å². The lowest BCUT2D eigenvalue weighted by atomic mass is 10.4. The molecule has 1 saturated carbocycles. The summed E-state index contributed by atoms with van der Waals surface area (Å²) >= 11 is 0. The molecule has 1 aliphatic carbocycles. The second-order valence-corrected chi connectivity index (χ2v) is 5.46. The highest BCUT2D eigenvalue weighted by atomic mass is 32.2. The Hall–Kier alpha value is -0.620. The van der Waals surface area contributed by atoms with Crippen molar-refractivity contribution >= 4 is 15.9 Å². The number of carbonyl (C=O) groups excluding carboxylic acids is 1. The second kappa shape index (κ2) is 4.75. The topological polar surface area (TPSA) is 75.3 Å². The fraction of sp³-hybridized carbons (Fsp3) is 0.875. The summed E-state index contributed by atoms with van der Waals surface area (Å²) in [5, 5.41) is 2.68. The Morgan fingerprint density at radius 3 is 2.50 bits per heavy atom. The maximum Gasteiger partial charge on any atom is 0.223 e. The SMILES string of the molecule is CCS(=O)(=O)NCCNC(=O)C1CC1. The lowest BCUT2D eigenvalue weighted by Gasteiger charge is -2.05. The van der Waals surface area contributed by atoms with E-state index in [1.807, 2.05) is 0 Å². The maximum absolute atomic E-state index is 11.1. The quantitative estimate of drug-likeness (QED) is 0.590. The fourth-order valence-corrected chi connectivity index (χ4v) is 1.60. The van der Waals surface area contributed by atoms with Crippen LogP contribution in [0.2, 0.25) is 0 Å². The van der Waals surface area contributed by atoms with E-state index in [0.29, 0.717) is 6.54 Å². The van der Waals surface area contributed by atoms with Gasteiger partial charge in [-0.25, -0.2) is 13.1 Å². The first-order valence-corrected chi connectivity index (χ1v) is 6.45. The van der Waals surface area contributed by atoms with Crippen molar-refractivity contribution in [1.82, 2.24) is 10.0 Å². The highest BCUT2D eigenvalue weighted by Crippen LogP contribution is 2.28. The van der Waals surface area contributed by atoms with E-state index in [4.69, 9.17) is 0 Å². The molecule has 1 fully saturated rings. The van der Waals surface area contributed by atoms with E-state index in [-0.39, 0.29) is 24.1 Å².